The van der Waals surface area contributed by atoms with Gasteiger partial charge in [-0.05, 0) is 29.7 Å². The molecule has 4 atom stereocenters. The van der Waals surface area contributed by atoms with E-state index in [2.05, 4.69) is 21.3 Å². The van der Waals surface area contributed by atoms with Crippen molar-refractivity contribution < 1.29 is 34.2 Å². The number of carboxylic acid groups (broad SMARTS) is 1. The predicted octanol–water partition coefficient (Wildman–Crippen LogP) is -0.445. The van der Waals surface area contributed by atoms with Gasteiger partial charge in [-0.2, -0.15) is 0 Å². The van der Waals surface area contributed by atoms with Gasteiger partial charge in [0.1, 0.15) is 23.9 Å². The average molecular weight is 590 g/mol. The number of aromatic hydroxyl groups is 1. The second kappa shape index (κ2) is 15.1. The Kier molecular flexibility index (Phi) is 11.7. The lowest BCUT2D eigenvalue weighted by Crippen LogP contribution is -2.56. The van der Waals surface area contributed by atoms with Gasteiger partial charge >= 0.3 is 5.97 Å². The number of aliphatic carboxylic acids is 1. The number of carboxylic acids is 1. The summed E-state index contributed by atoms with van der Waals surface area (Å²) in [5, 5.41) is 29.2. The zero-order valence-corrected chi connectivity index (χ0v) is 23.0. The van der Waals surface area contributed by atoms with Crippen LogP contribution in [0, 0.1) is 0 Å². The fourth-order valence-electron chi connectivity index (χ4n) is 3.71. The maximum Gasteiger partial charge on any atom is 0.327 e. The average Bonchev–Trinajstić information content (AvgIpc) is 2.93. The van der Waals surface area contributed by atoms with Gasteiger partial charge in [0.05, 0.1) is 12.6 Å². The van der Waals surface area contributed by atoms with Gasteiger partial charge in [-0.15, -0.1) is 0 Å². The molecule has 1 fully saturated rings. The van der Waals surface area contributed by atoms with Gasteiger partial charge in [0.2, 0.25) is 23.6 Å². The third-order valence-corrected chi connectivity index (χ3v) is 8.31. The van der Waals surface area contributed by atoms with E-state index in [1.807, 2.05) is 0 Å². The summed E-state index contributed by atoms with van der Waals surface area (Å²) in [6.07, 6.45) is 0.270. The van der Waals surface area contributed by atoms with Crippen LogP contribution in [0.3, 0.4) is 0 Å². The van der Waals surface area contributed by atoms with Crippen LogP contribution in [0.15, 0.2) is 54.6 Å². The third-order valence-electron chi connectivity index (χ3n) is 5.89. The fourth-order valence-corrected chi connectivity index (χ4v) is 6.03. The lowest BCUT2D eigenvalue weighted by molar-refractivity contribution is -0.141. The highest BCUT2D eigenvalue weighted by atomic mass is 33.1. The maximum atomic E-state index is 12.9. The third kappa shape index (κ3) is 9.77. The van der Waals surface area contributed by atoms with E-state index in [9.17, 15) is 34.2 Å². The van der Waals surface area contributed by atoms with E-state index in [0.29, 0.717) is 5.56 Å². The minimum absolute atomic E-state index is 0.0274. The molecule has 1 heterocycles. The Labute approximate surface area is 238 Å². The second-order valence-electron chi connectivity index (χ2n) is 9.03. The molecule has 3 rings (SSSR count). The SMILES string of the molecule is N[C@@H](Cc1ccc(O)cc1)C(=O)NC1CSSC[C@@H](C(=O)O)NC(=O)[C@H](Cc2ccccc2)NC(=O)CNC1=O. The Morgan fingerprint density at radius 2 is 1.62 bits per heavy atom. The molecule has 0 radical (unpaired) electrons. The molecule has 0 aliphatic carbocycles. The summed E-state index contributed by atoms with van der Waals surface area (Å²) >= 11 is 0. The Morgan fingerprint density at radius 1 is 0.950 bits per heavy atom. The zero-order valence-electron chi connectivity index (χ0n) is 21.4. The molecule has 1 unspecified atom stereocenters. The van der Waals surface area contributed by atoms with Crippen LogP contribution in [-0.2, 0) is 36.8 Å². The number of carbonyl (C=O) groups excluding carboxylic acids is 4. The smallest absolute Gasteiger partial charge is 0.327 e. The van der Waals surface area contributed by atoms with E-state index < -0.39 is 60.3 Å². The molecule has 14 heteroatoms. The maximum absolute atomic E-state index is 12.9. The summed E-state index contributed by atoms with van der Waals surface area (Å²) in [7, 11) is 2.25. The Morgan fingerprint density at radius 3 is 2.30 bits per heavy atom. The number of nitrogens with one attached hydrogen (secondary N) is 4. The van der Waals surface area contributed by atoms with Crippen molar-refractivity contribution in [2.75, 3.05) is 18.1 Å². The van der Waals surface area contributed by atoms with Gasteiger partial charge in [0.25, 0.3) is 0 Å². The first-order valence-corrected chi connectivity index (χ1v) is 14.8. The van der Waals surface area contributed by atoms with Crippen LogP contribution in [-0.4, -0.2) is 82.0 Å². The van der Waals surface area contributed by atoms with Crippen molar-refractivity contribution in [2.45, 2.75) is 37.0 Å². The van der Waals surface area contributed by atoms with Crippen LogP contribution in [0.25, 0.3) is 0 Å². The summed E-state index contributed by atoms with van der Waals surface area (Å²) in [6.45, 7) is -0.469. The van der Waals surface area contributed by atoms with E-state index in [-0.39, 0.29) is 30.1 Å². The number of benzene rings is 2. The molecule has 1 aliphatic rings. The van der Waals surface area contributed by atoms with Gasteiger partial charge < -0.3 is 37.2 Å². The molecule has 2 aromatic carbocycles. The largest absolute Gasteiger partial charge is 0.508 e. The molecular formula is C26H31N5O7S2. The second-order valence-corrected chi connectivity index (χ2v) is 11.6. The summed E-state index contributed by atoms with van der Waals surface area (Å²) < 4.78 is 0. The Hall–Kier alpha value is -3.75. The van der Waals surface area contributed by atoms with Crippen molar-refractivity contribution >= 4 is 51.2 Å². The molecule has 40 heavy (non-hydrogen) atoms. The highest BCUT2D eigenvalue weighted by molar-refractivity contribution is 8.76. The minimum atomic E-state index is -1.25. The molecular weight excluding hydrogens is 558 g/mol. The number of hydrogen-bond donors (Lipinski definition) is 7. The molecule has 8 N–H and O–H groups in total. The zero-order chi connectivity index (χ0) is 29.1. The van der Waals surface area contributed by atoms with Crippen LogP contribution >= 0.6 is 21.6 Å². The summed E-state index contributed by atoms with van der Waals surface area (Å²) in [6, 6.07) is 10.7. The Bertz CT molecular complexity index is 1200. The van der Waals surface area contributed by atoms with Crippen LogP contribution in [0.2, 0.25) is 0 Å². The van der Waals surface area contributed by atoms with Gasteiger partial charge in [0, 0.05) is 17.9 Å². The van der Waals surface area contributed by atoms with Crippen molar-refractivity contribution in [1.29, 1.82) is 0 Å². The van der Waals surface area contributed by atoms with Crippen molar-refractivity contribution in [3.05, 3.63) is 65.7 Å². The van der Waals surface area contributed by atoms with Crippen molar-refractivity contribution in [3.8, 4) is 5.75 Å². The molecule has 0 saturated carbocycles. The van der Waals surface area contributed by atoms with E-state index in [0.717, 1.165) is 27.2 Å². The number of rotatable bonds is 7. The number of nitrogens with two attached hydrogens (primary N) is 1. The molecule has 214 valence electrons. The van der Waals surface area contributed by atoms with E-state index in [1.54, 1.807) is 42.5 Å². The van der Waals surface area contributed by atoms with Crippen LogP contribution in [0.5, 0.6) is 5.75 Å². The quantitative estimate of drug-likeness (QED) is 0.208. The highest BCUT2D eigenvalue weighted by Crippen LogP contribution is 2.23. The van der Waals surface area contributed by atoms with Crippen molar-refractivity contribution in [3.63, 3.8) is 0 Å². The molecule has 4 amide bonds. The topological polar surface area (TPSA) is 200 Å². The first-order valence-electron chi connectivity index (χ1n) is 12.3. The first-order chi connectivity index (χ1) is 19.1. The molecule has 0 bridgehead atoms. The van der Waals surface area contributed by atoms with Crippen LogP contribution in [0.4, 0.5) is 0 Å². The van der Waals surface area contributed by atoms with Gasteiger partial charge in [-0.3, -0.25) is 19.2 Å². The van der Waals surface area contributed by atoms with E-state index in [1.165, 1.54) is 12.1 Å². The van der Waals surface area contributed by atoms with Crippen LogP contribution in [0.1, 0.15) is 11.1 Å². The molecule has 1 aliphatic heterocycles. The van der Waals surface area contributed by atoms with Crippen molar-refractivity contribution in [1.82, 2.24) is 21.3 Å². The van der Waals surface area contributed by atoms with Crippen molar-refractivity contribution in [2.24, 2.45) is 5.73 Å². The fraction of sp³-hybridized carbons (Fsp3) is 0.346. The number of phenols is 1. The van der Waals surface area contributed by atoms with Gasteiger partial charge in [-0.1, -0.05) is 64.1 Å². The highest BCUT2D eigenvalue weighted by Gasteiger charge is 2.29. The summed E-state index contributed by atoms with van der Waals surface area (Å²) in [5.41, 5.74) is 7.50. The normalized spacial score (nSPS) is 21.6. The molecule has 12 nitrogen and oxygen atoms in total. The first kappa shape index (κ1) is 30.8. The number of carbonyl (C=O) groups is 5. The number of amides is 4. The Balaban J connectivity index is 1.70. The lowest BCUT2D eigenvalue weighted by atomic mass is 10.0. The molecule has 1 saturated heterocycles. The standard InChI is InChI=1S/C26H31N5O7S2/c27-18(10-16-6-8-17(32)9-7-16)23(34)30-20-13-39-40-14-21(26(37)38)31-25(36)19(11-15-4-2-1-3-5-15)29-22(33)12-28-24(20)35/h1-9,18-21,32H,10-14,27H2,(H,28,35)(H,29,33)(H,30,34)(H,31,36)(H,37,38)/t18-,19-,20?,21-/m0/s1. The predicted molar refractivity (Wildman–Crippen MR) is 151 cm³/mol. The summed E-state index contributed by atoms with van der Waals surface area (Å²) in [5.74, 6) is -3.70. The monoisotopic (exact) mass is 589 g/mol. The molecule has 0 spiro atoms. The lowest BCUT2D eigenvalue weighted by Gasteiger charge is -2.24. The summed E-state index contributed by atoms with van der Waals surface area (Å²) in [4.78, 5) is 63.1. The number of phenolic OH excluding ortho intramolecular Hbond substituents is 1. The molecule has 2 aromatic rings. The number of hydrogen-bond acceptors (Lipinski definition) is 9. The van der Waals surface area contributed by atoms with Gasteiger partial charge in [-0.25, -0.2) is 4.79 Å². The molecule has 0 aromatic heterocycles. The van der Waals surface area contributed by atoms with Crippen LogP contribution < -0.4 is 27.0 Å². The van der Waals surface area contributed by atoms with Gasteiger partial charge in [0.15, 0.2) is 0 Å². The minimum Gasteiger partial charge on any atom is -0.508 e. The van der Waals surface area contributed by atoms with E-state index in [4.69, 9.17) is 5.73 Å². The van der Waals surface area contributed by atoms with E-state index >= 15 is 0 Å².